The van der Waals surface area contributed by atoms with Crippen LogP contribution in [0.4, 0.5) is 17.1 Å². The van der Waals surface area contributed by atoms with E-state index in [9.17, 15) is 0 Å². The smallest absolute Gasteiger partial charge is 0.164 e. The third-order valence-corrected chi connectivity index (χ3v) is 12.6. The predicted octanol–water partition coefficient (Wildman–Crippen LogP) is 11.6. The molecule has 4 aliphatic carbocycles. The number of benzene rings is 6. The molecule has 0 saturated heterocycles. The summed E-state index contributed by atoms with van der Waals surface area (Å²) in [6.45, 7) is 0. The summed E-state index contributed by atoms with van der Waals surface area (Å²) in [7, 11) is 0. The second-order valence-corrected chi connectivity index (χ2v) is 15.3. The lowest BCUT2D eigenvalue weighted by molar-refractivity contribution is -0.0419. The van der Waals surface area contributed by atoms with Crippen molar-refractivity contribution in [2.75, 3.05) is 4.90 Å². The van der Waals surface area contributed by atoms with Crippen LogP contribution in [0.5, 0.6) is 0 Å². The highest BCUT2D eigenvalue weighted by Crippen LogP contribution is 2.69. The second-order valence-electron chi connectivity index (χ2n) is 15.3. The summed E-state index contributed by atoms with van der Waals surface area (Å²) in [5.74, 6) is 5.17. The average molecular weight is 659 g/mol. The van der Waals surface area contributed by atoms with E-state index in [1.54, 1.807) is 0 Å². The van der Waals surface area contributed by atoms with Gasteiger partial charge in [-0.05, 0) is 108 Å². The normalized spacial score (nSPS) is 24.1. The Morgan fingerprint density at radius 3 is 1.71 bits per heavy atom. The van der Waals surface area contributed by atoms with Crippen molar-refractivity contribution in [3.63, 3.8) is 0 Å². The molecular formula is C47H38N4. The fraction of sp³-hybridized carbons (Fsp3) is 0.213. The molecule has 0 unspecified atom stereocenters. The molecule has 4 fully saturated rings. The van der Waals surface area contributed by atoms with Crippen LogP contribution in [0.15, 0.2) is 146 Å². The van der Waals surface area contributed by atoms with Gasteiger partial charge in [0.05, 0.1) is 11.4 Å². The van der Waals surface area contributed by atoms with Gasteiger partial charge < -0.3 is 4.90 Å². The minimum Gasteiger partial charge on any atom is -0.310 e. The number of rotatable bonds is 4. The lowest BCUT2D eigenvalue weighted by Crippen LogP contribution is -2.57. The summed E-state index contributed by atoms with van der Waals surface area (Å²) in [6.07, 6.45) is 6.82. The summed E-state index contributed by atoms with van der Waals surface area (Å²) < 4.78 is 0. The Kier molecular flexibility index (Phi) is 6.40. The number of hydrogen-bond acceptors (Lipinski definition) is 4. The molecule has 0 atom stereocenters. The van der Waals surface area contributed by atoms with Crippen LogP contribution >= 0.6 is 0 Å². The van der Waals surface area contributed by atoms with Crippen molar-refractivity contribution in [3.8, 4) is 34.2 Å². The van der Waals surface area contributed by atoms with E-state index in [1.807, 2.05) is 18.2 Å². The lowest BCUT2D eigenvalue weighted by atomic mass is 9.41. The van der Waals surface area contributed by atoms with Gasteiger partial charge in [-0.1, -0.05) is 115 Å². The molecule has 1 aromatic heterocycles. The minimum absolute atomic E-state index is 0.0215. The zero-order valence-corrected chi connectivity index (χ0v) is 28.5. The van der Waals surface area contributed by atoms with Crippen molar-refractivity contribution >= 4 is 27.8 Å². The van der Waals surface area contributed by atoms with Crippen LogP contribution in [-0.4, -0.2) is 15.0 Å². The van der Waals surface area contributed by atoms with Crippen LogP contribution in [0.1, 0.15) is 43.2 Å². The molecule has 12 rings (SSSR count). The molecule has 51 heavy (non-hydrogen) atoms. The van der Waals surface area contributed by atoms with Gasteiger partial charge in [0.25, 0.3) is 0 Å². The van der Waals surface area contributed by atoms with E-state index in [4.69, 9.17) is 15.0 Å². The molecule has 246 valence electrons. The average Bonchev–Trinajstić information content (AvgIpc) is 3.19. The molecule has 4 heteroatoms. The van der Waals surface area contributed by atoms with Crippen molar-refractivity contribution in [1.29, 1.82) is 0 Å². The van der Waals surface area contributed by atoms with E-state index in [0.29, 0.717) is 29.3 Å². The molecular weight excluding hydrogens is 621 g/mol. The second kappa shape index (κ2) is 11.2. The van der Waals surface area contributed by atoms with Gasteiger partial charge in [0.15, 0.2) is 17.5 Å². The van der Waals surface area contributed by atoms with Crippen molar-refractivity contribution in [2.24, 2.45) is 23.7 Å². The standard InChI is InChI=1S/C47H38N4/c1-3-12-33(13-4-1)44-48-45(35-20-19-32-11-7-8-14-34(32)28-35)50-46(49-44)36-21-22-41-43(29-36)51(39-15-5-2-6-16-39)42-18-10-9-17-40(42)47(41)37-24-30-23-31(26-37)27-38(47)25-30/h1-22,28-31,37-38H,23-27H2. The highest BCUT2D eigenvalue weighted by atomic mass is 15.2. The molecule has 4 nitrogen and oxygen atoms in total. The maximum atomic E-state index is 5.23. The van der Waals surface area contributed by atoms with Gasteiger partial charge in [-0.25, -0.2) is 15.0 Å². The van der Waals surface area contributed by atoms with Gasteiger partial charge in [0.2, 0.25) is 0 Å². The molecule has 7 aromatic rings. The summed E-state index contributed by atoms with van der Waals surface area (Å²) in [5, 5.41) is 2.37. The quantitative estimate of drug-likeness (QED) is 0.189. The summed E-state index contributed by atoms with van der Waals surface area (Å²) >= 11 is 0. The van der Waals surface area contributed by atoms with Gasteiger partial charge in [0.1, 0.15) is 0 Å². The number of para-hydroxylation sites is 2. The van der Waals surface area contributed by atoms with E-state index in [-0.39, 0.29) is 5.41 Å². The maximum absolute atomic E-state index is 5.23. The van der Waals surface area contributed by atoms with Crippen LogP contribution < -0.4 is 4.90 Å². The van der Waals surface area contributed by atoms with Crippen LogP contribution in [0.2, 0.25) is 0 Å². The molecule has 0 amide bonds. The van der Waals surface area contributed by atoms with Gasteiger partial charge in [0, 0.05) is 27.8 Å². The first-order chi connectivity index (χ1) is 25.2. The molecule has 1 spiro atoms. The lowest BCUT2D eigenvalue weighted by Gasteiger charge is -2.64. The van der Waals surface area contributed by atoms with Gasteiger partial charge in [-0.3, -0.25) is 0 Å². The van der Waals surface area contributed by atoms with Crippen molar-refractivity contribution in [2.45, 2.75) is 37.5 Å². The first-order valence-corrected chi connectivity index (χ1v) is 18.6. The van der Waals surface area contributed by atoms with Gasteiger partial charge in [-0.2, -0.15) is 0 Å². The molecule has 2 heterocycles. The van der Waals surface area contributed by atoms with Crippen LogP contribution in [0.25, 0.3) is 44.9 Å². The topological polar surface area (TPSA) is 41.9 Å². The highest BCUT2D eigenvalue weighted by Gasteiger charge is 2.61. The molecule has 4 saturated carbocycles. The van der Waals surface area contributed by atoms with E-state index < -0.39 is 0 Å². The highest BCUT2D eigenvalue weighted by molar-refractivity contribution is 5.89. The molecule has 4 bridgehead atoms. The van der Waals surface area contributed by atoms with Gasteiger partial charge in [-0.15, -0.1) is 0 Å². The molecule has 0 radical (unpaired) electrons. The number of aromatic nitrogens is 3. The number of nitrogens with zero attached hydrogens (tertiary/aromatic N) is 4. The van der Waals surface area contributed by atoms with E-state index in [0.717, 1.165) is 28.5 Å². The minimum atomic E-state index is 0.0215. The first-order valence-electron chi connectivity index (χ1n) is 18.6. The molecule has 1 aliphatic heterocycles. The fourth-order valence-electron chi connectivity index (χ4n) is 10.8. The summed E-state index contributed by atoms with van der Waals surface area (Å²) in [4.78, 5) is 18.0. The number of hydrogen-bond donors (Lipinski definition) is 0. The van der Waals surface area contributed by atoms with Gasteiger partial charge >= 0.3 is 0 Å². The van der Waals surface area contributed by atoms with Crippen molar-refractivity contribution in [1.82, 2.24) is 15.0 Å². The molecule has 5 aliphatic rings. The van der Waals surface area contributed by atoms with E-state index in [2.05, 4.69) is 132 Å². The fourth-order valence-corrected chi connectivity index (χ4v) is 10.8. The molecule has 6 aromatic carbocycles. The summed E-state index contributed by atoms with van der Waals surface area (Å²) in [5.41, 5.74) is 9.76. The number of anilines is 3. The van der Waals surface area contributed by atoms with Crippen LogP contribution in [-0.2, 0) is 5.41 Å². The Morgan fingerprint density at radius 2 is 0.980 bits per heavy atom. The Bertz CT molecular complexity index is 2430. The monoisotopic (exact) mass is 658 g/mol. The van der Waals surface area contributed by atoms with E-state index >= 15 is 0 Å². The third kappa shape index (κ3) is 4.42. The Labute approximate surface area is 298 Å². The zero-order chi connectivity index (χ0) is 33.5. The number of fused-ring (bicyclic) bond motifs is 3. The maximum Gasteiger partial charge on any atom is 0.164 e. The third-order valence-electron chi connectivity index (χ3n) is 12.6. The largest absolute Gasteiger partial charge is 0.310 e. The Hall–Kier alpha value is -5.61. The Morgan fingerprint density at radius 1 is 0.431 bits per heavy atom. The zero-order valence-electron chi connectivity index (χ0n) is 28.5. The SMILES string of the molecule is c1ccc(-c2nc(-c3ccc4c(c3)N(c3ccccc3)c3ccccc3C43C4CC5CC(C4)CC3C5)nc(-c3ccc4ccccc4c3)n2)cc1. The van der Waals surface area contributed by atoms with E-state index in [1.165, 1.54) is 71.1 Å². The first kappa shape index (κ1) is 29.2. The molecule has 0 N–H and O–H groups in total. The summed E-state index contributed by atoms with van der Waals surface area (Å²) in [6, 6.07) is 52.6. The van der Waals surface area contributed by atoms with Crippen LogP contribution in [0, 0.1) is 23.7 Å². The van der Waals surface area contributed by atoms with Crippen LogP contribution in [0.3, 0.4) is 0 Å². The van der Waals surface area contributed by atoms with Crippen molar-refractivity contribution in [3.05, 3.63) is 157 Å². The predicted molar refractivity (Wildman–Crippen MR) is 206 cm³/mol. The van der Waals surface area contributed by atoms with Crippen molar-refractivity contribution < 1.29 is 0 Å². The Balaban J connectivity index is 1.14.